The maximum Gasteiger partial charge on any atom is 0.418 e. The Morgan fingerprint density at radius 3 is 2.28 bits per heavy atom. The van der Waals surface area contributed by atoms with Crippen molar-refractivity contribution in [2.75, 3.05) is 5.32 Å². The first-order valence-corrected chi connectivity index (χ1v) is 9.67. The van der Waals surface area contributed by atoms with E-state index in [1.54, 1.807) is 0 Å². The van der Waals surface area contributed by atoms with E-state index < -0.39 is 32.3 Å². The molecule has 0 bridgehead atoms. The van der Waals surface area contributed by atoms with Gasteiger partial charge < -0.3 is 5.32 Å². The minimum absolute atomic E-state index is 0.00775. The van der Waals surface area contributed by atoms with Crippen LogP contribution in [0.25, 0.3) is 16.8 Å². The average Bonchev–Trinajstić information content (AvgIpc) is 3.13. The maximum atomic E-state index is 13.8. The highest BCUT2D eigenvalue weighted by atomic mass is 32.2. The van der Waals surface area contributed by atoms with Crippen LogP contribution in [0.1, 0.15) is 12.5 Å². The third kappa shape index (κ3) is 4.46. The number of rotatable bonds is 4. The van der Waals surface area contributed by atoms with E-state index in [1.165, 1.54) is 49.6 Å². The van der Waals surface area contributed by atoms with Gasteiger partial charge in [-0.25, -0.2) is 18.2 Å². The van der Waals surface area contributed by atoms with Crippen LogP contribution in [-0.4, -0.2) is 24.1 Å². The Hall–Kier alpha value is -3.18. The van der Waals surface area contributed by atoms with Crippen LogP contribution < -0.4 is 10.5 Å². The van der Waals surface area contributed by atoms with Gasteiger partial charge in [-0.05, 0) is 41.5 Å². The van der Waals surface area contributed by atoms with Gasteiger partial charge >= 0.3 is 6.18 Å². The second-order valence-corrected chi connectivity index (χ2v) is 7.65. The van der Waals surface area contributed by atoms with Gasteiger partial charge in [0.25, 0.3) is 0 Å². The molecule has 0 aliphatic carbocycles. The van der Waals surface area contributed by atoms with E-state index in [0.717, 1.165) is 16.8 Å². The van der Waals surface area contributed by atoms with Crippen molar-refractivity contribution in [3.8, 4) is 16.8 Å². The molecule has 7 nitrogen and oxygen atoms in total. The molecular weight excluding hydrogens is 409 g/mol. The number of benzene rings is 2. The number of hydrogen-bond acceptors (Lipinski definition) is 4. The molecule has 3 rings (SSSR count). The molecule has 11 heteroatoms. The van der Waals surface area contributed by atoms with Crippen molar-refractivity contribution < 1.29 is 26.4 Å². The summed E-state index contributed by atoms with van der Waals surface area (Å²) in [7, 11) is -4.51. The second kappa shape index (κ2) is 7.33. The molecule has 0 aliphatic rings. The fraction of sp³-hybridized carbons (Fsp3) is 0.111. The van der Waals surface area contributed by atoms with Crippen molar-refractivity contribution in [2.45, 2.75) is 18.0 Å². The van der Waals surface area contributed by atoms with Crippen molar-refractivity contribution in [1.82, 2.24) is 9.78 Å². The molecular formula is C18H15F3N4O3S. The zero-order valence-electron chi connectivity index (χ0n) is 14.9. The standard InChI is InChI=1S/C18H15F3N4O3S/c1-11(26)24-14-5-3-12(4-6-14)13-9-15(18(19,20)21)17(25-8-2-7-23-25)16(10-13)29(22,27)28/h2-10H,1H3,(H,24,26)(H2,22,27,28). The van der Waals surface area contributed by atoms with E-state index in [0.29, 0.717) is 11.3 Å². The zero-order valence-corrected chi connectivity index (χ0v) is 15.8. The van der Waals surface area contributed by atoms with E-state index >= 15 is 0 Å². The number of alkyl halides is 3. The summed E-state index contributed by atoms with van der Waals surface area (Å²) in [6.45, 7) is 1.32. The van der Waals surface area contributed by atoms with Crippen LogP contribution in [0.2, 0.25) is 0 Å². The van der Waals surface area contributed by atoms with E-state index in [4.69, 9.17) is 5.14 Å². The first-order chi connectivity index (χ1) is 13.5. The number of nitrogens with one attached hydrogen (secondary N) is 1. The lowest BCUT2D eigenvalue weighted by Crippen LogP contribution is -2.20. The molecule has 2 aromatic carbocycles. The summed E-state index contributed by atoms with van der Waals surface area (Å²) in [4.78, 5) is 10.4. The highest BCUT2D eigenvalue weighted by molar-refractivity contribution is 7.89. The van der Waals surface area contributed by atoms with Gasteiger partial charge in [0.1, 0.15) is 4.90 Å². The van der Waals surface area contributed by atoms with Crippen LogP contribution >= 0.6 is 0 Å². The molecule has 0 unspecified atom stereocenters. The number of halogens is 3. The number of hydrogen-bond donors (Lipinski definition) is 2. The van der Waals surface area contributed by atoms with Crippen molar-refractivity contribution in [2.24, 2.45) is 5.14 Å². The van der Waals surface area contributed by atoms with Crippen LogP contribution in [0.5, 0.6) is 0 Å². The van der Waals surface area contributed by atoms with Gasteiger partial charge in [-0.15, -0.1) is 0 Å². The average molecular weight is 424 g/mol. The lowest BCUT2D eigenvalue weighted by molar-refractivity contribution is -0.137. The number of amides is 1. The highest BCUT2D eigenvalue weighted by Crippen LogP contribution is 2.40. The van der Waals surface area contributed by atoms with Crippen molar-refractivity contribution in [3.05, 3.63) is 60.4 Å². The number of aromatic nitrogens is 2. The molecule has 3 N–H and O–H groups in total. The van der Waals surface area contributed by atoms with Gasteiger partial charge in [-0.3, -0.25) is 4.79 Å². The number of sulfonamides is 1. The zero-order chi connectivity index (χ0) is 21.4. The predicted molar refractivity (Wildman–Crippen MR) is 99.7 cm³/mol. The minimum atomic E-state index is -4.87. The molecule has 0 saturated heterocycles. The Balaban J connectivity index is 2.26. The van der Waals surface area contributed by atoms with Gasteiger partial charge in [-0.1, -0.05) is 12.1 Å². The molecule has 0 aliphatic heterocycles. The lowest BCUT2D eigenvalue weighted by Gasteiger charge is -2.18. The monoisotopic (exact) mass is 424 g/mol. The van der Waals surface area contributed by atoms with E-state index in [9.17, 15) is 26.4 Å². The molecule has 0 spiro atoms. The summed E-state index contributed by atoms with van der Waals surface area (Å²) in [5, 5.41) is 11.5. The molecule has 0 atom stereocenters. The molecule has 0 radical (unpaired) electrons. The van der Waals surface area contributed by atoms with Crippen LogP contribution in [-0.2, 0) is 21.0 Å². The summed E-state index contributed by atoms with van der Waals surface area (Å²) in [6, 6.07) is 9.16. The van der Waals surface area contributed by atoms with Gasteiger partial charge in [0, 0.05) is 25.0 Å². The highest BCUT2D eigenvalue weighted by Gasteiger charge is 2.37. The Labute approximate surface area is 164 Å². The summed E-state index contributed by atoms with van der Waals surface area (Å²) in [5.41, 5.74) is -1.14. The van der Waals surface area contributed by atoms with Gasteiger partial charge in [-0.2, -0.15) is 18.3 Å². The van der Waals surface area contributed by atoms with E-state index in [-0.39, 0.29) is 11.5 Å². The first kappa shape index (κ1) is 20.6. The number of primary sulfonamides is 1. The quantitative estimate of drug-likeness (QED) is 0.671. The number of carbonyl (C=O) groups is 1. The number of anilines is 1. The molecule has 1 amide bonds. The third-order valence-corrected chi connectivity index (χ3v) is 4.88. The van der Waals surface area contributed by atoms with Crippen molar-refractivity contribution in [3.63, 3.8) is 0 Å². The Morgan fingerprint density at radius 2 is 1.79 bits per heavy atom. The van der Waals surface area contributed by atoms with Crippen molar-refractivity contribution in [1.29, 1.82) is 0 Å². The van der Waals surface area contributed by atoms with Crippen molar-refractivity contribution >= 4 is 21.6 Å². The van der Waals surface area contributed by atoms with Crippen LogP contribution in [0.4, 0.5) is 18.9 Å². The SMILES string of the molecule is CC(=O)Nc1ccc(-c2cc(C(F)(F)F)c(-n3cccn3)c(S(N)(=O)=O)c2)cc1. The molecule has 1 aromatic heterocycles. The Bertz CT molecular complexity index is 1160. The summed E-state index contributed by atoms with van der Waals surface area (Å²) < 4.78 is 66.4. The molecule has 0 saturated carbocycles. The first-order valence-electron chi connectivity index (χ1n) is 8.13. The number of carbonyl (C=O) groups excluding carboxylic acids is 1. The number of nitrogens with two attached hydrogens (primary N) is 1. The van der Waals surface area contributed by atoms with Gasteiger partial charge in [0.15, 0.2) is 0 Å². The lowest BCUT2D eigenvalue weighted by atomic mass is 10.0. The summed E-state index contributed by atoms with van der Waals surface area (Å²) in [5.74, 6) is -0.308. The number of nitrogens with zero attached hydrogens (tertiary/aromatic N) is 2. The smallest absolute Gasteiger partial charge is 0.326 e. The third-order valence-electron chi connectivity index (χ3n) is 3.96. The second-order valence-electron chi connectivity index (χ2n) is 6.12. The molecule has 152 valence electrons. The van der Waals surface area contributed by atoms with Crippen LogP contribution in [0.3, 0.4) is 0 Å². The van der Waals surface area contributed by atoms with Gasteiger partial charge in [0.05, 0.1) is 11.3 Å². The van der Waals surface area contributed by atoms with Crippen LogP contribution in [0, 0.1) is 0 Å². The largest absolute Gasteiger partial charge is 0.418 e. The Kier molecular flexibility index (Phi) is 5.20. The normalized spacial score (nSPS) is 12.0. The molecule has 0 fully saturated rings. The summed E-state index contributed by atoms with van der Waals surface area (Å²) in [6.07, 6.45) is -2.45. The molecule has 1 heterocycles. The molecule has 3 aromatic rings. The maximum absolute atomic E-state index is 13.8. The predicted octanol–water partition coefficient (Wildman–Crippen LogP) is 3.16. The fourth-order valence-corrected chi connectivity index (χ4v) is 3.56. The van der Waals surface area contributed by atoms with Crippen LogP contribution in [0.15, 0.2) is 59.8 Å². The van der Waals surface area contributed by atoms with E-state index in [2.05, 4.69) is 10.4 Å². The molecule has 29 heavy (non-hydrogen) atoms. The van der Waals surface area contributed by atoms with Gasteiger partial charge in [0.2, 0.25) is 15.9 Å². The summed E-state index contributed by atoms with van der Waals surface area (Å²) >= 11 is 0. The Morgan fingerprint density at radius 1 is 1.14 bits per heavy atom. The topological polar surface area (TPSA) is 107 Å². The fourth-order valence-electron chi connectivity index (χ4n) is 2.79. The van der Waals surface area contributed by atoms with E-state index in [1.807, 2.05) is 0 Å². The minimum Gasteiger partial charge on any atom is -0.326 e.